The van der Waals surface area contributed by atoms with Gasteiger partial charge in [0, 0.05) is 12.5 Å². The van der Waals surface area contributed by atoms with Gasteiger partial charge in [-0.15, -0.1) is 0 Å². The van der Waals surface area contributed by atoms with Crippen molar-refractivity contribution >= 4 is 17.7 Å². The second-order valence-corrected chi connectivity index (χ2v) is 5.97. The SMILES string of the molecule is CC.COC(=O)[C@@H](Cc1ccc([N+](=O)[O-])c(F)c1)NC(=O)OC(C)(C)C. The first-order valence-corrected chi connectivity index (χ1v) is 8.03. The van der Waals surface area contributed by atoms with E-state index < -0.39 is 40.1 Å². The van der Waals surface area contributed by atoms with Crippen molar-refractivity contribution in [2.24, 2.45) is 0 Å². The van der Waals surface area contributed by atoms with Gasteiger partial charge in [-0.1, -0.05) is 19.9 Å². The molecule has 9 heteroatoms. The molecule has 1 amide bonds. The normalized spacial score (nSPS) is 11.5. The minimum atomic E-state index is -1.12. The summed E-state index contributed by atoms with van der Waals surface area (Å²) in [5.74, 6) is -1.78. The van der Waals surface area contributed by atoms with Crippen molar-refractivity contribution in [1.29, 1.82) is 0 Å². The van der Waals surface area contributed by atoms with Crippen molar-refractivity contribution in [2.75, 3.05) is 7.11 Å². The van der Waals surface area contributed by atoms with Crippen LogP contribution in [-0.4, -0.2) is 35.7 Å². The Balaban J connectivity index is 0.00000301. The van der Waals surface area contributed by atoms with Crippen LogP contribution in [0.1, 0.15) is 40.2 Å². The predicted octanol–water partition coefficient (Wildman–Crippen LogP) is 3.37. The standard InChI is InChI=1S/C15H19FN2O6.C2H6/c1-15(2,3)24-14(20)17-11(13(19)23-4)8-9-5-6-12(18(21)22)10(16)7-9;1-2/h5-7,11H,8H2,1-4H3,(H,17,20);1-2H3/t11-;/m1./s1. The van der Waals surface area contributed by atoms with Crippen LogP contribution >= 0.6 is 0 Å². The Bertz CT molecular complexity index is 643. The van der Waals surface area contributed by atoms with E-state index in [1.165, 1.54) is 6.07 Å². The van der Waals surface area contributed by atoms with Crippen LogP contribution in [0.3, 0.4) is 0 Å². The number of hydrogen-bond donors (Lipinski definition) is 1. The van der Waals surface area contributed by atoms with Gasteiger partial charge in [0.25, 0.3) is 0 Å². The minimum Gasteiger partial charge on any atom is -0.467 e. The summed E-state index contributed by atoms with van der Waals surface area (Å²) in [6, 6.07) is 2.11. The third-order valence-electron chi connectivity index (χ3n) is 2.83. The van der Waals surface area contributed by atoms with Crippen LogP contribution in [0.25, 0.3) is 0 Å². The molecule has 0 unspecified atom stereocenters. The summed E-state index contributed by atoms with van der Waals surface area (Å²) in [6.07, 6.45) is -0.943. The van der Waals surface area contributed by atoms with Crippen molar-refractivity contribution in [3.05, 3.63) is 39.7 Å². The highest BCUT2D eigenvalue weighted by Gasteiger charge is 2.26. The molecule has 1 rings (SSSR count). The molecular weight excluding hydrogens is 347 g/mol. The highest BCUT2D eigenvalue weighted by Crippen LogP contribution is 2.19. The molecule has 1 aromatic carbocycles. The summed E-state index contributed by atoms with van der Waals surface area (Å²) < 4.78 is 23.3. The first kappa shape index (κ1) is 23.3. The highest BCUT2D eigenvalue weighted by molar-refractivity contribution is 5.81. The van der Waals surface area contributed by atoms with Crippen molar-refractivity contribution in [1.82, 2.24) is 5.32 Å². The average Bonchev–Trinajstić information content (AvgIpc) is 2.53. The Labute approximate surface area is 151 Å². The molecule has 1 atom stereocenters. The van der Waals surface area contributed by atoms with Crippen LogP contribution in [-0.2, 0) is 20.7 Å². The highest BCUT2D eigenvalue weighted by atomic mass is 19.1. The van der Waals surface area contributed by atoms with Gasteiger partial charge in [-0.2, -0.15) is 4.39 Å². The molecular formula is C17H25FN2O6. The largest absolute Gasteiger partial charge is 0.467 e. The molecule has 0 spiro atoms. The van der Waals surface area contributed by atoms with Gasteiger partial charge in [-0.3, -0.25) is 10.1 Å². The smallest absolute Gasteiger partial charge is 0.408 e. The Kier molecular flexibility index (Phi) is 9.24. The Morgan fingerprint density at radius 3 is 2.31 bits per heavy atom. The molecule has 0 aromatic heterocycles. The third-order valence-corrected chi connectivity index (χ3v) is 2.83. The second-order valence-electron chi connectivity index (χ2n) is 5.97. The zero-order valence-electron chi connectivity index (χ0n) is 15.8. The maximum absolute atomic E-state index is 13.6. The van der Waals surface area contributed by atoms with Gasteiger partial charge in [-0.25, -0.2) is 9.59 Å². The number of methoxy groups -OCH3 is 1. The van der Waals surface area contributed by atoms with Gasteiger partial charge in [0.2, 0.25) is 5.82 Å². The quantitative estimate of drug-likeness (QED) is 0.482. The lowest BCUT2D eigenvalue weighted by molar-refractivity contribution is -0.387. The lowest BCUT2D eigenvalue weighted by atomic mass is 10.1. The van der Waals surface area contributed by atoms with Crippen LogP contribution in [0.4, 0.5) is 14.9 Å². The number of hydrogen-bond acceptors (Lipinski definition) is 6. The van der Waals surface area contributed by atoms with Crippen LogP contribution in [0.15, 0.2) is 18.2 Å². The summed E-state index contributed by atoms with van der Waals surface area (Å²) in [5, 5.41) is 12.9. The fraction of sp³-hybridized carbons (Fsp3) is 0.529. The fourth-order valence-electron chi connectivity index (χ4n) is 1.85. The van der Waals surface area contributed by atoms with Gasteiger partial charge in [0.05, 0.1) is 12.0 Å². The molecule has 0 heterocycles. The molecule has 0 fully saturated rings. The zero-order chi connectivity index (χ0) is 20.5. The summed E-state index contributed by atoms with van der Waals surface area (Å²) >= 11 is 0. The summed E-state index contributed by atoms with van der Waals surface area (Å²) in [6.45, 7) is 8.97. The molecule has 0 saturated heterocycles. The number of carbonyl (C=O) groups excluding carboxylic acids is 2. The van der Waals surface area contributed by atoms with Crippen LogP contribution in [0.2, 0.25) is 0 Å². The van der Waals surface area contributed by atoms with Gasteiger partial charge in [0.15, 0.2) is 0 Å². The summed E-state index contributed by atoms with van der Waals surface area (Å²) in [5.41, 5.74) is -1.15. The number of amides is 1. The van der Waals surface area contributed by atoms with E-state index in [2.05, 4.69) is 10.1 Å². The average molecular weight is 372 g/mol. The molecule has 1 aromatic rings. The van der Waals surface area contributed by atoms with Gasteiger partial charge >= 0.3 is 17.7 Å². The number of rotatable bonds is 5. The molecule has 146 valence electrons. The first-order valence-electron chi connectivity index (χ1n) is 8.03. The number of esters is 1. The summed E-state index contributed by atoms with van der Waals surface area (Å²) in [7, 11) is 1.14. The van der Waals surface area contributed by atoms with Gasteiger partial charge in [0.1, 0.15) is 11.6 Å². The first-order chi connectivity index (χ1) is 12.0. The van der Waals surface area contributed by atoms with Crippen molar-refractivity contribution in [2.45, 2.75) is 52.7 Å². The number of carbonyl (C=O) groups is 2. The zero-order valence-corrected chi connectivity index (χ0v) is 15.8. The van der Waals surface area contributed by atoms with E-state index in [0.29, 0.717) is 0 Å². The van der Waals surface area contributed by atoms with E-state index in [9.17, 15) is 24.1 Å². The number of ether oxygens (including phenoxy) is 2. The minimum absolute atomic E-state index is 0.110. The van der Waals surface area contributed by atoms with Crippen LogP contribution in [0, 0.1) is 15.9 Å². The molecule has 0 aliphatic carbocycles. The molecule has 0 saturated carbocycles. The van der Waals surface area contributed by atoms with Gasteiger partial charge < -0.3 is 14.8 Å². The lowest BCUT2D eigenvalue weighted by Crippen LogP contribution is -2.45. The Hall–Kier alpha value is -2.71. The van der Waals surface area contributed by atoms with Crippen molar-refractivity contribution in [3.8, 4) is 0 Å². The number of nitro benzene ring substituents is 1. The molecule has 0 aliphatic rings. The summed E-state index contributed by atoms with van der Waals surface area (Å²) in [4.78, 5) is 33.3. The van der Waals surface area contributed by atoms with Crippen LogP contribution < -0.4 is 5.32 Å². The molecule has 8 nitrogen and oxygen atoms in total. The number of alkyl carbamates (subject to hydrolysis) is 1. The molecule has 26 heavy (non-hydrogen) atoms. The van der Waals surface area contributed by atoms with E-state index in [1.807, 2.05) is 13.8 Å². The number of nitrogens with one attached hydrogen (secondary N) is 1. The third kappa shape index (κ3) is 7.91. The maximum atomic E-state index is 13.6. The van der Waals surface area contributed by atoms with Crippen molar-refractivity contribution < 1.29 is 28.4 Å². The predicted molar refractivity (Wildman–Crippen MR) is 93.3 cm³/mol. The molecule has 0 bridgehead atoms. The molecule has 0 radical (unpaired) electrons. The van der Waals surface area contributed by atoms with E-state index in [-0.39, 0.29) is 12.0 Å². The number of nitro groups is 1. The fourth-order valence-corrected chi connectivity index (χ4v) is 1.85. The maximum Gasteiger partial charge on any atom is 0.408 e. The molecule has 0 aliphatic heterocycles. The molecule has 1 N–H and O–H groups in total. The van der Waals surface area contributed by atoms with Gasteiger partial charge in [-0.05, 0) is 32.4 Å². The van der Waals surface area contributed by atoms with E-state index >= 15 is 0 Å². The van der Waals surface area contributed by atoms with E-state index in [0.717, 1.165) is 19.2 Å². The number of halogens is 1. The van der Waals surface area contributed by atoms with Crippen LogP contribution in [0.5, 0.6) is 0 Å². The number of benzene rings is 1. The topological polar surface area (TPSA) is 108 Å². The number of nitrogens with zero attached hydrogens (tertiary/aromatic N) is 1. The van der Waals surface area contributed by atoms with E-state index in [1.54, 1.807) is 20.8 Å². The van der Waals surface area contributed by atoms with Crippen molar-refractivity contribution in [3.63, 3.8) is 0 Å². The monoisotopic (exact) mass is 372 g/mol. The van der Waals surface area contributed by atoms with E-state index in [4.69, 9.17) is 4.74 Å². The lowest BCUT2D eigenvalue weighted by Gasteiger charge is -2.22. The Morgan fingerprint density at radius 2 is 1.88 bits per heavy atom. The second kappa shape index (κ2) is 10.3. The Morgan fingerprint density at radius 1 is 1.31 bits per heavy atom.